The van der Waals surface area contributed by atoms with Crippen LogP contribution < -0.4 is 5.06 Å². The Bertz CT molecular complexity index is 1100. The van der Waals surface area contributed by atoms with Crippen LogP contribution in [0.2, 0.25) is 10.0 Å². The van der Waals surface area contributed by atoms with E-state index in [-0.39, 0.29) is 17.5 Å². The molecule has 28 heavy (non-hydrogen) atoms. The molecule has 140 valence electrons. The summed E-state index contributed by atoms with van der Waals surface area (Å²) < 4.78 is 1.25. The van der Waals surface area contributed by atoms with Crippen LogP contribution in [0.1, 0.15) is 5.56 Å². The summed E-state index contributed by atoms with van der Waals surface area (Å²) in [5, 5.41) is 25.5. The minimum atomic E-state index is -0.0197. The Hall–Kier alpha value is -3.07. The standard InChI is InChI=1S/C18H12Cl2N7O/c19-14-4-1-5-15(16(14)20)27-18(23-24-25-27)26(28)11-13-3-2-8-22-17(13)12-6-9-21-10-7-12/h1-10H,11H2/q-1. The van der Waals surface area contributed by atoms with E-state index in [0.717, 1.165) is 11.1 Å². The summed E-state index contributed by atoms with van der Waals surface area (Å²) in [6.07, 6.45) is 5.01. The quantitative estimate of drug-likeness (QED) is 0.458. The number of nitrogens with zero attached hydrogens (tertiary/aromatic N) is 7. The lowest BCUT2D eigenvalue weighted by atomic mass is 10.1. The molecule has 0 aliphatic heterocycles. The molecule has 0 aliphatic rings. The summed E-state index contributed by atoms with van der Waals surface area (Å²) in [5.74, 6) is -0.0197. The highest BCUT2D eigenvalue weighted by Crippen LogP contribution is 2.30. The number of halogens is 2. The van der Waals surface area contributed by atoms with E-state index in [1.807, 2.05) is 18.2 Å². The fraction of sp³-hybridized carbons (Fsp3) is 0.0556. The van der Waals surface area contributed by atoms with E-state index < -0.39 is 0 Å². The maximum Gasteiger partial charge on any atom is 0.239 e. The van der Waals surface area contributed by atoms with Gasteiger partial charge in [0, 0.05) is 30.7 Å². The van der Waals surface area contributed by atoms with Gasteiger partial charge in [-0.3, -0.25) is 9.97 Å². The van der Waals surface area contributed by atoms with Gasteiger partial charge in [0.05, 0.1) is 21.4 Å². The predicted molar refractivity (Wildman–Crippen MR) is 106 cm³/mol. The van der Waals surface area contributed by atoms with Crippen molar-refractivity contribution in [3.05, 3.63) is 81.9 Å². The van der Waals surface area contributed by atoms with E-state index in [0.29, 0.717) is 21.5 Å². The second-order valence-electron chi connectivity index (χ2n) is 5.75. The van der Waals surface area contributed by atoms with Crippen LogP contribution in [0.5, 0.6) is 0 Å². The molecule has 0 spiro atoms. The molecule has 0 aliphatic carbocycles. The normalized spacial score (nSPS) is 10.8. The summed E-state index contributed by atoms with van der Waals surface area (Å²) in [4.78, 5) is 8.41. The van der Waals surface area contributed by atoms with E-state index in [9.17, 15) is 5.21 Å². The van der Waals surface area contributed by atoms with Crippen molar-refractivity contribution >= 4 is 29.2 Å². The SMILES string of the molecule is [O-]N(Cc1cccnc1-c1ccncc1)c1nnnn1-c1cccc(Cl)c1Cl. The van der Waals surface area contributed by atoms with Gasteiger partial charge in [0.1, 0.15) is 0 Å². The molecule has 0 saturated carbocycles. The van der Waals surface area contributed by atoms with Gasteiger partial charge in [0.2, 0.25) is 5.95 Å². The van der Waals surface area contributed by atoms with Gasteiger partial charge in [-0.1, -0.05) is 40.4 Å². The van der Waals surface area contributed by atoms with E-state index in [4.69, 9.17) is 23.2 Å². The molecule has 0 fully saturated rings. The lowest BCUT2D eigenvalue weighted by Gasteiger charge is -2.29. The van der Waals surface area contributed by atoms with Crippen LogP contribution in [0.4, 0.5) is 5.95 Å². The van der Waals surface area contributed by atoms with E-state index in [2.05, 4.69) is 25.5 Å². The molecule has 8 nitrogen and oxygen atoms in total. The molecule has 0 unspecified atom stereocenters. The Balaban J connectivity index is 1.68. The maximum absolute atomic E-state index is 12.9. The Kier molecular flexibility index (Phi) is 5.16. The number of hydrogen-bond acceptors (Lipinski definition) is 7. The summed E-state index contributed by atoms with van der Waals surface area (Å²) in [7, 11) is 0. The first-order valence-corrected chi connectivity index (χ1v) is 8.92. The Morgan fingerprint density at radius 2 is 1.82 bits per heavy atom. The third kappa shape index (κ3) is 3.53. The van der Waals surface area contributed by atoms with E-state index >= 15 is 0 Å². The van der Waals surface area contributed by atoms with Crippen LogP contribution in [0, 0.1) is 5.21 Å². The average molecular weight is 413 g/mol. The van der Waals surface area contributed by atoms with Crippen molar-refractivity contribution in [1.82, 2.24) is 30.2 Å². The summed E-state index contributed by atoms with van der Waals surface area (Å²) >= 11 is 12.3. The molecule has 0 atom stereocenters. The molecule has 0 saturated heterocycles. The van der Waals surface area contributed by atoms with Crippen LogP contribution in [0.3, 0.4) is 0 Å². The number of rotatable bonds is 5. The summed E-state index contributed by atoms with van der Waals surface area (Å²) in [6.45, 7) is -0.00987. The fourth-order valence-electron chi connectivity index (χ4n) is 2.71. The molecule has 4 aromatic rings. The second kappa shape index (κ2) is 7.89. The van der Waals surface area contributed by atoms with Crippen molar-refractivity contribution in [2.45, 2.75) is 6.54 Å². The zero-order valence-electron chi connectivity index (χ0n) is 14.3. The molecule has 3 aromatic heterocycles. The van der Waals surface area contributed by atoms with Gasteiger partial charge in [0.15, 0.2) is 0 Å². The third-order valence-electron chi connectivity index (χ3n) is 3.99. The number of tetrazole rings is 1. The van der Waals surface area contributed by atoms with Gasteiger partial charge >= 0.3 is 0 Å². The van der Waals surface area contributed by atoms with Crippen LogP contribution in [0.25, 0.3) is 16.9 Å². The molecule has 10 heteroatoms. The summed E-state index contributed by atoms with van der Waals surface area (Å²) in [5.41, 5.74) is 2.67. The first-order chi connectivity index (χ1) is 13.6. The lowest BCUT2D eigenvalue weighted by molar-refractivity contribution is 0.778. The highest BCUT2D eigenvalue weighted by molar-refractivity contribution is 6.43. The molecule has 0 amide bonds. The van der Waals surface area contributed by atoms with Crippen molar-refractivity contribution in [3.63, 3.8) is 0 Å². The smallest absolute Gasteiger partial charge is 0.239 e. The first-order valence-electron chi connectivity index (χ1n) is 8.17. The van der Waals surface area contributed by atoms with Crippen LogP contribution >= 0.6 is 23.2 Å². The second-order valence-corrected chi connectivity index (χ2v) is 6.53. The van der Waals surface area contributed by atoms with Crippen molar-refractivity contribution in [2.75, 3.05) is 5.06 Å². The zero-order chi connectivity index (χ0) is 19.5. The Morgan fingerprint density at radius 1 is 1.00 bits per heavy atom. The van der Waals surface area contributed by atoms with Gasteiger partial charge in [0.25, 0.3) is 0 Å². The van der Waals surface area contributed by atoms with Gasteiger partial charge in [-0.05, 0) is 46.3 Å². The molecule has 1 aromatic carbocycles. The average Bonchev–Trinajstić information content (AvgIpc) is 3.21. The Labute approximate surface area is 170 Å². The van der Waals surface area contributed by atoms with Crippen molar-refractivity contribution in [1.29, 1.82) is 0 Å². The highest BCUT2D eigenvalue weighted by Gasteiger charge is 2.16. The number of pyridine rings is 2. The van der Waals surface area contributed by atoms with E-state index in [1.165, 1.54) is 4.68 Å². The number of hydroxylamine groups is 1. The molecular formula is C18H12Cl2N7O-. The minimum Gasteiger partial charge on any atom is -0.756 e. The maximum atomic E-state index is 12.9. The van der Waals surface area contributed by atoms with Gasteiger partial charge in [-0.25, -0.2) is 0 Å². The molecule has 0 N–H and O–H groups in total. The minimum absolute atomic E-state index is 0.00987. The van der Waals surface area contributed by atoms with E-state index in [1.54, 1.807) is 42.9 Å². The summed E-state index contributed by atoms with van der Waals surface area (Å²) in [6, 6.07) is 12.3. The molecule has 4 rings (SSSR count). The first kappa shape index (κ1) is 18.3. The number of hydrogen-bond donors (Lipinski definition) is 0. The van der Waals surface area contributed by atoms with Gasteiger partial charge in [-0.2, -0.15) is 4.68 Å². The van der Waals surface area contributed by atoms with Crippen LogP contribution in [-0.4, -0.2) is 30.2 Å². The topological polar surface area (TPSA) is 95.7 Å². The number of anilines is 1. The largest absolute Gasteiger partial charge is 0.756 e. The van der Waals surface area contributed by atoms with Crippen LogP contribution in [-0.2, 0) is 6.54 Å². The predicted octanol–water partition coefficient (Wildman–Crippen LogP) is 3.93. The zero-order valence-corrected chi connectivity index (χ0v) is 15.8. The number of benzene rings is 1. The molecule has 3 heterocycles. The molecule has 0 radical (unpaired) electrons. The fourth-order valence-corrected chi connectivity index (χ4v) is 3.09. The lowest BCUT2D eigenvalue weighted by Crippen LogP contribution is -2.19. The van der Waals surface area contributed by atoms with Crippen LogP contribution in [0.15, 0.2) is 61.1 Å². The highest BCUT2D eigenvalue weighted by atomic mass is 35.5. The third-order valence-corrected chi connectivity index (χ3v) is 4.80. The molecule has 0 bridgehead atoms. The molecular weight excluding hydrogens is 401 g/mol. The van der Waals surface area contributed by atoms with Gasteiger partial charge < -0.3 is 10.3 Å². The Morgan fingerprint density at radius 3 is 2.64 bits per heavy atom. The van der Waals surface area contributed by atoms with Crippen molar-refractivity contribution < 1.29 is 0 Å². The van der Waals surface area contributed by atoms with Crippen molar-refractivity contribution in [3.8, 4) is 16.9 Å². The number of aromatic nitrogens is 6. The monoisotopic (exact) mass is 412 g/mol. The van der Waals surface area contributed by atoms with Crippen molar-refractivity contribution in [2.24, 2.45) is 0 Å². The van der Waals surface area contributed by atoms with Gasteiger partial charge in [-0.15, -0.1) is 0 Å².